The van der Waals surface area contributed by atoms with E-state index < -0.39 is 0 Å². The smallest absolute Gasteiger partial charge is 0.212 e. The van der Waals surface area contributed by atoms with E-state index in [2.05, 4.69) is 28.5 Å². The summed E-state index contributed by atoms with van der Waals surface area (Å²) >= 11 is 0. The van der Waals surface area contributed by atoms with Crippen LogP contribution in [0.4, 0.5) is 0 Å². The third-order valence-corrected chi connectivity index (χ3v) is 6.49. The van der Waals surface area contributed by atoms with Gasteiger partial charge in [-0.3, -0.25) is 4.98 Å². The molecular weight excluding hydrogens is 350 g/mol. The summed E-state index contributed by atoms with van der Waals surface area (Å²) in [5, 5.41) is 3.61. The van der Waals surface area contributed by atoms with Gasteiger partial charge in [-0.25, -0.2) is 4.98 Å². The Morgan fingerprint density at radius 1 is 1.11 bits per heavy atom. The highest BCUT2D eigenvalue weighted by atomic mass is 16.5. The summed E-state index contributed by atoms with van der Waals surface area (Å²) in [4.78, 5) is 9.06. The average Bonchev–Trinajstić information content (AvgIpc) is 3.19. The maximum Gasteiger partial charge on any atom is 0.212 e. The average molecular weight is 382 g/mol. The van der Waals surface area contributed by atoms with Gasteiger partial charge in [0.05, 0.1) is 12.7 Å². The molecule has 3 heterocycles. The summed E-state index contributed by atoms with van der Waals surface area (Å²) in [6, 6.07) is 10.3. The molecule has 5 nitrogen and oxygen atoms in total. The minimum Gasteiger partial charge on any atom is -0.481 e. The minimum absolute atomic E-state index is 0.0790. The van der Waals surface area contributed by atoms with Gasteiger partial charge in [0.25, 0.3) is 0 Å². The number of rotatable bonds is 7. The van der Waals surface area contributed by atoms with Crippen molar-refractivity contribution in [3.05, 3.63) is 54.0 Å². The highest BCUT2D eigenvalue weighted by molar-refractivity contribution is 5.21. The fourth-order valence-electron chi connectivity index (χ4n) is 4.99. The number of aromatic nitrogens is 2. The summed E-state index contributed by atoms with van der Waals surface area (Å²) in [5.74, 6) is 0.655. The number of pyridine rings is 2. The van der Waals surface area contributed by atoms with Crippen LogP contribution in [0.3, 0.4) is 0 Å². The molecule has 2 aliphatic rings. The Balaban J connectivity index is 1.42. The van der Waals surface area contributed by atoms with Crippen molar-refractivity contribution in [3.63, 3.8) is 0 Å². The molecule has 2 aromatic rings. The summed E-state index contributed by atoms with van der Waals surface area (Å²) in [7, 11) is 1.64. The molecule has 0 bridgehead atoms. The summed E-state index contributed by atoms with van der Waals surface area (Å²) in [6.07, 6.45) is 12.0. The molecule has 2 fully saturated rings. The van der Waals surface area contributed by atoms with Crippen molar-refractivity contribution in [2.75, 3.05) is 20.3 Å². The molecule has 28 heavy (non-hydrogen) atoms. The maximum atomic E-state index is 6.33. The molecule has 0 amide bonds. The van der Waals surface area contributed by atoms with Gasteiger partial charge in [0.15, 0.2) is 0 Å². The zero-order valence-electron chi connectivity index (χ0n) is 16.8. The lowest BCUT2D eigenvalue weighted by atomic mass is 9.68. The van der Waals surface area contributed by atoms with Gasteiger partial charge in [-0.1, -0.05) is 25.0 Å². The van der Waals surface area contributed by atoms with Crippen LogP contribution >= 0.6 is 0 Å². The molecule has 0 aromatic carbocycles. The number of methoxy groups -OCH3 is 1. The summed E-state index contributed by atoms with van der Waals surface area (Å²) in [6.45, 7) is 2.62. The van der Waals surface area contributed by atoms with Gasteiger partial charge in [-0.15, -0.1) is 0 Å². The largest absolute Gasteiger partial charge is 0.481 e. The molecule has 0 unspecified atom stereocenters. The molecule has 0 radical (unpaired) electrons. The minimum atomic E-state index is 0.0790. The molecule has 4 rings (SSSR count). The van der Waals surface area contributed by atoms with Crippen LogP contribution in [0.2, 0.25) is 0 Å². The van der Waals surface area contributed by atoms with E-state index in [-0.39, 0.29) is 11.0 Å². The van der Waals surface area contributed by atoms with Crippen LogP contribution < -0.4 is 10.1 Å². The van der Waals surface area contributed by atoms with E-state index >= 15 is 0 Å². The van der Waals surface area contributed by atoms with E-state index in [1.807, 2.05) is 24.5 Å². The molecule has 1 aliphatic heterocycles. The van der Waals surface area contributed by atoms with Crippen LogP contribution in [0.5, 0.6) is 5.88 Å². The van der Waals surface area contributed by atoms with Gasteiger partial charge < -0.3 is 14.8 Å². The Hall–Kier alpha value is -1.98. The first-order chi connectivity index (χ1) is 13.7. The summed E-state index contributed by atoms with van der Waals surface area (Å²) in [5.41, 5.74) is 2.59. The molecule has 1 spiro atoms. The Bertz CT molecular complexity index is 744. The van der Waals surface area contributed by atoms with Crippen molar-refractivity contribution >= 4 is 0 Å². The maximum absolute atomic E-state index is 6.33. The highest BCUT2D eigenvalue weighted by Crippen LogP contribution is 2.49. The molecule has 1 saturated carbocycles. The lowest BCUT2D eigenvalue weighted by molar-refractivity contribution is -0.104. The van der Waals surface area contributed by atoms with Crippen LogP contribution in [0.25, 0.3) is 0 Å². The van der Waals surface area contributed by atoms with Crippen LogP contribution in [-0.2, 0) is 16.7 Å². The first-order valence-corrected chi connectivity index (χ1v) is 10.5. The number of hydrogen-bond acceptors (Lipinski definition) is 5. The van der Waals surface area contributed by atoms with Crippen molar-refractivity contribution in [3.8, 4) is 5.88 Å². The molecule has 1 aliphatic carbocycles. The lowest BCUT2D eigenvalue weighted by Gasteiger charge is -2.46. The van der Waals surface area contributed by atoms with Crippen LogP contribution in [-0.4, -0.2) is 35.8 Å². The molecule has 5 heteroatoms. The lowest BCUT2D eigenvalue weighted by Crippen LogP contribution is -2.47. The normalized spacial score (nSPS) is 23.8. The molecule has 2 aromatic heterocycles. The van der Waals surface area contributed by atoms with E-state index in [1.165, 1.54) is 36.9 Å². The zero-order valence-corrected chi connectivity index (χ0v) is 16.8. The molecule has 1 saturated heterocycles. The zero-order chi connectivity index (χ0) is 19.3. The standard InChI is InChI=1S/C23H31N3O2/c1-27-21-8-7-19(17-26-21)16-24-14-11-22(20-6-2-5-13-25-20)12-15-28-23(18-22)9-3-4-10-23/h2,5-8,13,17,24H,3-4,9-12,14-16,18H2,1H3/t22-/m1/s1. The van der Waals surface area contributed by atoms with Crippen molar-refractivity contribution in [1.29, 1.82) is 0 Å². The first kappa shape index (κ1) is 19.3. The third kappa shape index (κ3) is 4.20. The quantitative estimate of drug-likeness (QED) is 0.734. The second-order valence-corrected chi connectivity index (χ2v) is 8.30. The fraction of sp³-hybridized carbons (Fsp3) is 0.565. The Morgan fingerprint density at radius 2 is 2.00 bits per heavy atom. The monoisotopic (exact) mass is 381 g/mol. The predicted octanol–water partition coefficient (Wildman–Crippen LogP) is 4.03. The molecule has 150 valence electrons. The second kappa shape index (κ2) is 8.58. The third-order valence-electron chi connectivity index (χ3n) is 6.49. The molecular formula is C23H31N3O2. The van der Waals surface area contributed by atoms with Crippen LogP contribution in [0.1, 0.15) is 56.2 Å². The molecule has 1 atom stereocenters. The highest BCUT2D eigenvalue weighted by Gasteiger charge is 2.48. The van der Waals surface area contributed by atoms with Gasteiger partial charge in [-0.2, -0.15) is 0 Å². The second-order valence-electron chi connectivity index (χ2n) is 8.30. The number of nitrogens with one attached hydrogen (secondary N) is 1. The Labute approximate surface area is 167 Å². The van der Waals surface area contributed by atoms with E-state index in [4.69, 9.17) is 14.5 Å². The van der Waals surface area contributed by atoms with Gasteiger partial charge >= 0.3 is 0 Å². The number of nitrogens with zero attached hydrogens (tertiary/aromatic N) is 2. The number of hydrogen-bond donors (Lipinski definition) is 1. The van der Waals surface area contributed by atoms with Crippen molar-refractivity contribution in [1.82, 2.24) is 15.3 Å². The van der Waals surface area contributed by atoms with Crippen molar-refractivity contribution in [2.24, 2.45) is 0 Å². The van der Waals surface area contributed by atoms with E-state index in [9.17, 15) is 0 Å². The fourth-order valence-corrected chi connectivity index (χ4v) is 4.99. The SMILES string of the molecule is COc1ccc(CNCC[C@@]2(c3ccccn3)CCOC3(CCCC3)C2)cn1. The Kier molecular flexibility index (Phi) is 5.93. The summed E-state index contributed by atoms with van der Waals surface area (Å²) < 4.78 is 11.5. The predicted molar refractivity (Wildman–Crippen MR) is 109 cm³/mol. The topological polar surface area (TPSA) is 56.3 Å². The van der Waals surface area contributed by atoms with Gasteiger partial charge in [-0.05, 0) is 56.3 Å². The van der Waals surface area contributed by atoms with Crippen LogP contribution in [0.15, 0.2) is 42.7 Å². The van der Waals surface area contributed by atoms with Crippen LogP contribution in [0, 0.1) is 0 Å². The van der Waals surface area contributed by atoms with E-state index in [1.54, 1.807) is 7.11 Å². The van der Waals surface area contributed by atoms with Gasteiger partial charge in [0.1, 0.15) is 0 Å². The Morgan fingerprint density at radius 3 is 2.71 bits per heavy atom. The van der Waals surface area contributed by atoms with Crippen molar-refractivity contribution in [2.45, 2.75) is 62.5 Å². The molecule has 1 N–H and O–H groups in total. The number of ether oxygens (including phenoxy) is 2. The van der Waals surface area contributed by atoms with Gasteiger partial charge in [0, 0.05) is 42.7 Å². The van der Waals surface area contributed by atoms with Crippen molar-refractivity contribution < 1.29 is 9.47 Å². The van der Waals surface area contributed by atoms with E-state index in [0.29, 0.717) is 5.88 Å². The first-order valence-electron chi connectivity index (χ1n) is 10.5. The van der Waals surface area contributed by atoms with Gasteiger partial charge in [0.2, 0.25) is 5.88 Å². The van der Waals surface area contributed by atoms with E-state index in [0.717, 1.165) is 39.0 Å².